The first-order valence-electron chi connectivity index (χ1n) is 1.11. The number of alkyl halides is 2. The third-order valence-electron chi connectivity index (χ3n) is 0.154. The van der Waals surface area contributed by atoms with Gasteiger partial charge in [0.25, 0.3) is 0 Å². The van der Waals surface area contributed by atoms with Crippen LogP contribution < -0.4 is 0 Å². The molecule has 0 unspecified atom stereocenters. The second-order valence-corrected chi connectivity index (χ2v) is 0.422. The second-order valence-electron chi connectivity index (χ2n) is 0.422. The van der Waals surface area contributed by atoms with Crippen LogP contribution >= 0.6 is 0 Å². The van der Waals surface area contributed by atoms with E-state index in [1.54, 1.807) is 0 Å². The Bertz CT molecular complexity index is 15.1. The van der Waals surface area contributed by atoms with Crippen molar-refractivity contribution >= 4 is 0 Å². The molecule has 0 aromatic carbocycles. The number of rotatable bonds is 2. The first-order chi connectivity index (χ1) is 2.41. The largest absolute Gasteiger partial charge is 0.319 e. The van der Waals surface area contributed by atoms with Crippen molar-refractivity contribution in [1.82, 2.24) is 0 Å². The summed E-state index contributed by atoms with van der Waals surface area (Å²) in [5, 5.41) is 0. The van der Waals surface area contributed by atoms with Crippen molar-refractivity contribution in [2.24, 2.45) is 0 Å². The maximum atomic E-state index is 10.5. The van der Waals surface area contributed by atoms with Gasteiger partial charge in [0.2, 0.25) is 0 Å². The molecule has 0 saturated carbocycles. The van der Waals surface area contributed by atoms with Crippen LogP contribution in [0.4, 0.5) is 8.78 Å². The molecule has 0 bridgehead atoms. The molecule has 0 fully saturated rings. The van der Waals surface area contributed by atoms with Crippen molar-refractivity contribution in [3.05, 3.63) is 0 Å². The van der Waals surface area contributed by atoms with Gasteiger partial charge in [0.1, 0.15) is 0 Å². The Kier molecular flexibility index (Phi) is 3.68. The summed E-state index contributed by atoms with van der Waals surface area (Å²) in [7, 11) is 0. The van der Waals surface area contributed by atoms with Crippen LogP contribution in [-0.4, -0.2) is 13.7 Å². The smallest absolute Gasteiger partial charge is 0.191 e. The van der Waals surface area contributed by atoms with Gasteiger partial charge in [-0.25, -0.2) is 8.78 Å². The van der Waals surface area contributed by atoms with E-state index in [0.29, 0.717) is 0 Å². The van der Waals surface area contributed by atoms with Gasteiger partial charge in [-0.2, -0.15) is 0 Å². The monoisotopic (exact) mass is 80.0 g/mol. The SMILES string of the molecule is [18F]COC[18F]. The van der Waals surface area contributed by atoms with Crippen molar-refractivity contribution < 1.29 is 13.5 Å². The Morgan fingerprint density at radius 3 is 1.60 bits per heavy atom. The average molecular weight is 80.1 g/mol. The van der Waals surface area contributed by atoms with E-state index in [1.807, 2.05) is 0 Å². The van der Waals surface area contributed by atoms with Crippen LogP contribution in [0, 0.1) is 0 Å². The van der Waals surface area contributed by atoms with Crippen LogP contribution in [0.2, 0.25) is 0 Å². The first kappa shape index (κ1) is 4.82. The molecule has 0 radical (unpaired) electrons. The van der Waals surface area contributed by atoms with Crippen LogP contribution in [0.25, 0.3) is 0 Å². The van der Waals surface area contributed by atoms with E-state index < -0.39 is 13.7 Å². The molecule has 0 saturated heterocycles. The van der Waals surface area contributed by atoms with Crippen LogP contribution in [0.3, 0.4) is 0 Å². The quantitative estimate of drug-likeness (QED) is 0.478. The van der Waals surface area contributed by atoms with Gasteiger partial charge in [0, 0.05) is 0 Å². The molecule has 0 amide bonds. The molecule has 5 heavy (non-hydrogen) atoms. The van der Waals surface area contributed by atoms with E-state index in [2.05, 4.69) is 4.74 Å². The van der Waals surface area contributed by atoms with Crippen LogP contribution in [-0.2, 0) is 4.74 Å². The summed E-state index contributed by atoms with van der Waals surface area (Å²) in [6.45, 7) is -2.06. The molecule has 0 atom stereocenters. The van der Waals surface area contributed by atoms with E-state index in [1.165, 1.54) is 0 Å². The Balaban J connectivity index is 2.19. The van der Waals surface area contributed by atoms with Crippen molar-refractivity contribution in [1.29, 1.82) is 0 Å². The third kappa shape index (κ3) is 3.82. The summed E-state index contributed by atoms with van der Waals surface area (Å²) in [5.41, 5.74) is 0. The van der Waals surface area contributed by atoms with E-state index >= 15 is 0 Å². The van der Waals surface area contributed by atoms with Crippen molar-refractivity contribution in [3.63, 3.8) is 0 Å². The number of ether oxygens (including phenoxy) is 1. The zero-order valence-corrected chi connectivity index (χ0v) is 2.58. The van der Waals surface area contributed by atoms with Crippen LogP contribution in [0.15, 0.2) is 0 Å². The van der Waals surface area contributed by atoms with Crippen molar-refractivity contribution in [2.75, 3.05) is 13.7 Å². The average Bonchev–Trinajstić information content (AvgIpc) is 1.41. The molecule has 0 spiro atoms. The molecule has 1 nitrogen and oxygen atoms in total. The third-order valence-corrected chi connectivity index (χ3v) is 0.154. The maximum absolute atomic E-state index is 10.5. The summed E-state index contributed by atoms with van der Waals surface area (Å²) < 4.78 is 24.6. The predicted octanol–water partition coefficient (Wildman–Crippen LogP) is 0.857. The summed E-state index contributed by atoms with van der Waals surface area (Å²) in [6, 6.07) is 0. The van der Waals surface area contributed by atoms with E-state index in [0.717, 1.165) is 0 Å². The Morgan fingerprint density at radius 2 is 1.60 bits per heavy atom. The van der Waals surface area contributed by atoms with Gasteiger partial charge in [-0.15, -0.1) is 0 Å². The lowest BCUT2D eigenvalue weighted by atomic mass is 11.4. The molecule has 0 aliphatic rings. The molecule has 0 aromatic rings. The van der Waals surface area contributed by atoms with Gasteiger partial charge in [-0.1, -0.05) is 0 Å². The first-order valence-corrected chi connectivity index (χ1v) is 1.11. The standard InChI is InChI=1S/C2H4F2O/c3-1-5-2-4/h1-2H2/i3-1,4-1. The molecule has 0 aromatic heterocycles. The molecule has 0 N–H and O–H groups in total. The second kappa shape index (κ2) is 3.82. The van der Waals surface area contributed by atoms with Gasteiger partial charge in [0.15, 0.2) is 13.7 Å². The minimum Gasteiger partial charge on any atom is -0.319 e. The van der Waals surface area contributed by atoms with Crippen LogP contribution in [0.1, 0.15) is 0 Å². The fraction of sp³-hybridized carbons (Fsp3) is 1.00. The van der Waals surface area contributed by atoms with Gasteiger partial charge >= 0.3 is 0 Å². The molecule has 32 valence electrons. The molecule has 3 heteroatoms. The highest BCUT2D eigenvalue weighted by Crippen LogP contribution is 1.71. The Morgan fingerprint density at radius 1 is 1.20 bits per heavy atom. The van der Waals surface area contributed by atoms with Crippen molar-refractivity contribution in [2.45, 2.75) is 0 Å². The lowest BCUT2D eigenvalue weighted by molar-refractivity contribution is 0.00298. The molecule has 0 rings (SSSR count). The highest BCUT2D eigenvalue weighted by molar-refractivity contribution is 3.85. The van der Waals surface area contributed by atoms with Gasteiger partial charge in [0.05, 0.1) is 0 Å². The molecule has 0 heterocycles. The number of hydrogen-bond acceptors (Lipinski definition) is 1. The van der Waals surface area contributed by atoms with Gasteiger partial charge in [-0.3, -0.25) is 0 Å². The van der Waals surface area contributed by atoms with Gasteiger partial charge in [-0.05, 0) is 0 Å². The number of hydrogen-bond donors (Lipinski definition) is 0. The zero-order chi connectivity index (χ0) is 4.12. The summed E-state index contributed by atoms with van der Waals surface area (Å²) in [6.07, 6.45) is 0. The molecular formula is C2H4F2O. The highest BCUT2D eigenvalue weighted by atomic mass is 18.2. The number of halogens is 2. The van der Waals surface area contributed by atoms with Crippen molar-refractivity contribution in [3.8, 4) is 0 Å². The highest BCUT2D eigenvalue weighted by Gasteiger charge is 1.70. The molecular weight excluding hydrogens is 76.0 g/mol. The Labute approximate surface area is 28.5 Å². The lowest BCUT2D eigenvalue weighted by Gasteiger charge is -1.80. The summed E-state index contributed by atoms with van der Waals surface area (Å²) >= 11 is 0. The molecule has 0 aliphatic heterocycles. The summed E-state index contributed by atoms with van der Waals surface area (Å²) in [4.78, 5) is 0. The normalized spacial score (nSPS) is 8.40. The Hall–Kier alpha value is -0.180. The zero-order valence-electron chi connectivity index (χ0n) is 2.58. The minimum absolute atomic E-state index is 1.03. The summed E-state index contributed by atoms with van der Waals surface area (Å²) in [5.74, 6) is 0. The molecule has 0 aliphatic carbocycles. The fourth-order valence-electron chi connectivity index (χ4n) is 0.0292. The minimum atomic E-state index is -1.03. The van der Waals surface area contributed by atoms with E-state index in [4.69, 9.17) is 0 Å². The van der Waals surface area contributed by atoms with E-state index in [-0.39, 0.29) is 0 Å². The van der Waals surface area contributed by atoms with E-state index in [9.17, 15) is 8.78 Å². The van der Waals surface area contributed by atoms with Gasteiger partial charge < -0.3 is 4.74 Å². The lowest BCUT2D eigenvalue weighted by Crippen LogP contribution is -1.80. The van der Waals surface area contributed by atoms with Crippen LogP contribution in [0.5, 0.6) is 0 Å². The maximum Gasteiger partial charge on any atom is 0.191 e. The fourth-order valence-corrected chi connectivity index (χ4v) is 0.0292. The topological polar surface area (TPSA) is 9.23 Å². The predicted molar refractivity (Wildman–Crippen MR) is 13.0 cm³/mol.